The average Bonchev–Trinajstić information content (AvgIpc) is 3.47. The second-order valence-electron chi connectivity index (χ2n) is 6.16. The minimum absolute atomic E-state index is 0.110. The Labute approximate surface area is 133 Å². The van der Waals surface area contributed by atoms with Crippen LogP contribution in [0.2, 0.25) is 0 Å². The first-order valence-corrected chi connectivity index (χ1v) is 7.87. The summed E-state index contributed by atoms with van der Waals surface area (Å²) in [6.07, 6.45) is 4.43. The molecule has 2 aromatic rings. The van der Waals surface area contributed by atoms with E-state index in [4.69, 9.17) is 9.15 Å². The van der Waals surface area contributed by atoms with Crippen LogP contribution >= 0.6 is 0 Å². The SMILES string of the molecule is O=C(NC1CC1)c1cccc(OC(=O)C2CC2c2ccco2)c1. The maximum atomic E-state index is 12.2. The van der Waals surface area contributed by atoms with Crippen molar-refractivity contribution in [2.75, 3.05) is 0 Å². The highest BCUT2D eigenvalue weighted by Gasteiger charge is 2.47. The highest BCUT2D eigenvalue weighted by molar-refractivity contribution is 5.95. The van der Waals surface area contributed by atoms with E-state index in [1.807, 2.05) is 12.1 Å². The van der Waals surface area contributed by atoms with Crippen molar-refractivity contribution in [2.45, 2.75) is 31.2 Å². The number of carbonyl (C=O) groups excluding carboxylic acids is 2. The lowest BCUT2D eigenvalue weighted by Gasteiger charge is -2.07. The van der Waals surface area contributed by atoms with Crippen molar-refractivity contribution < 1.29 is 18.7 Å². The highest BCUT2D eigenvalue weighted by atomic mass is 16.5. The molecule has 5 heteroatoms. The Morgan fingerprint density at radius 3 is 2.78 bits per heavy atom. The van der Waals surface area contributed by atoms with Gasteiger partial charge in [0.25, 0.3) is 5.91 Å². The number of rotatable bonds is 5. The molecule has 2 saturated carbocycles. The molecule has 118 valence electrons. The Kier molecular flexibility index (Phi) is 3.41. The van der Waals surface area contributed by atoms with Crippen molar-refractivity contribution in [3.63, 3.8) is 0 Å². The molecule has 2 unspecified atom stereocenters. The van der Waals surface area contributed by atoms with E-state index < -0.39 is 0 Å². The third-order valence-electron chi connectivity index (χ3n) is 4.23. The van der Waals surface area contributed by atoms with Crippen LogP contribution in [-0.4, -0.2) is 17.9 Å². The van der Waals surface area contributed by atoms with Gasteiger partial charge < -0.3 is 14.5 Å². The summed E-state index contributed by atoms with van der Waals surface area (Å²) in [5, 5.41) is 2.92. The van der Waals surface area contributed by atoms with Gasteiger partial charge in [-0.15, -0.1) is 0 Å². The molecular weight excluding hydrogens is 294 g/mol. The van der Waals surface area contributed by atoms with Gasteiger partial charge in [0, 0.05) is 17.5 Å². The van der Waals surface area contributed by atoms with Crippen molar-refractivity contribution >= 4 is 11.9 Å². The molecule has 2 aliphatic carbocycles. The lowest BCUT2D eigenvalue weighted by atomic mass is 10.2. The summed E-state index contributed by atoms with van der Waals surface area (Å²) in [4.78, 5) is 24.2. The van der Waals surface area contributed by atoms with E-state index >= 15 is 0 Å². The molecule has 1 heterocycles. The fraction of sp³-hybridized carbons (Fsp3) is 0.333. The van der Waals surface area contributed by atoms with Gasteiger partial charge in [-0.1, -0.05) is 6.07 Å². The standard InChI is InChI=1S/C18H17NO4/c20-17(19-12-6-7-12)11-3-1-4-13(9-11)23-18(21)15-10-14(15)16-5-2-8-22-16/h1-5,8-9,12,14-15H,6-7,10H2,(H,19,20). The molecule has 1 aromatic carbocycles. The summed E-state index contributed by atoms with van der Waals surface area (Å²) in [5.74, 6) is 0.786. The van der Waals surface area contributed by atoms with Gasteiger partial charge in [0.2, 0.25) is 0 Å². The van der Waals surface area contributed by atoms with E-state index in [1.165, 1.54) is 0 Å². The van der Waals surface area contributed by atoms with E-state index in [9.17, 15) is 9.59 Å². The maximum Gasteiger partial charge on any atom is 0.315 e. The summed E-state index contributed by atoms with van der Waals surface area (Å²) < 4.78 is 10.7. The third kappa shape index (κ3) is 3.13. The van der Waals surface area contributed by atoms with E-state index in [0.29, 0.717) is 17.4 Å². The van der Waals surface area contributed by atoms with Gasteiger partial charge in [0.15, 0.2) is 0 Å². The second-order valence-corrected chi connectivity index (χ2v) is 6.16. The summed E-state index contributed by atoms with van der Waals surface area (Å²) in [5.41, 5.74) is 0.514. The molecule has 2 fully saturated rings. The van der Waals surface area contributed by atoms with Gasteiger partial charge in [-0.3, -0.25) is 9.59 Å². The minimum atomic E-state index is -0.272. The van der Waals surface area contributed by atoms with Crippen LogP contribution in [0.25, 0.3) is 0 Å². The summed E-state index contributed by atoms with van der Waals surface area (Å²) in [7, 11) is 0. The van der Waals surface area contributed by atoms with Gasteiger partial charge in [-0.25, -0.2) is 0 Å². The fourth-order valence-corrected chi connectivity index (χ4v) is 2.66. The Hall–Kier alpha value is -2.56. The number of amides is 1. The zero-order valence-electron chi connectivity index (χ0n) is 12.5. The number of nitrogens with one attached hydrogen (secondary N) is 1. The third-order valence-corrected chi connectivity index (χ3v) is 4.23. The van der Waals surface area contributed by atoms with Gasteiger partial charge in [0.1, 0.15) is 11.5 Å². The Balaban J connectivity index is 1.39. The smallest absolute Gasteiger partial charge is 0.315 e. The zero-order valence-corrected chi connectivity index (χ0v) is 12.5. The topological polar surface area (TPSA) is 68.5 Å². The van der Waals surface area contributed by atoms with Crippen LogP contribution in [-0.2, 0) is 4.79 Å². The molecule has 2 aliphatic rings. The lowest BCUT2D eigenvalue weighted by molar-refractivity contribution is -0.136. The minimum Gasteiger partial charge on any atom is -0.469 e. The molecule has 1 amide bonds. The molecule has 0 bridgehead atoms. The fourth-order valence-electron chi connectivity index (χ4n) is 2.66. The summed E-state index contributed by atoms with van der Waals surface area (Å²) in [6, 6.07) is 10.7. The van der Waals surface area contributed by atoms with E-state index in [2.05, 4.69) is 5.32 Å². The number of benzene rings is 1. The van der Waals surface area contributed by atoms with Gasteiger partial charge in [0.05, 0.1) is 12.2 Å². The van der Waals surface area contributed by atoms with Crippen LogP contribution in [0.4, 0.5) is 0 Å². The van der Waals surface area contributed by atoms with E-state index in [1.54, 1.807) is 30.5 Å². The Morgan fingerprint density at radius 2 is 2.04 bits per heavy atom. The van der Waals surface area contributed by atoms with Gasteiger partial charge >= 0.3 is 5.97 Å². The largest absolute Gasteiger partial charge is 0.469 e. The highest BCUT2D eigenvalue weighted by Crippen LogP contribution is 2.48. The maximum absolute atomic E-state index is 12.2. The van der Waals surface area contributed by atoms with Crippen molar-refractivity contribution in [2.24, 2.45) is 5.92 Å². The van der Waals surface area contributed by atoms with Crippen LogP contribution in [0.1, 0.15) is 41.3 Å². The molecule has 23 heavy (non-hydrogen) atoms. The molecule has 0 aliphatic heterocycles. The molecule has 0 radical (unpaired) electrons. The monoisotopic (exact) mass is 311 g/mol. The molecule has 0 spiro atoms. The van der Waals surface area contributed by atoms with Crippen LogP contribution in [0.5, 0.6) is 5.75 Å². The normalized spacial score (nSPS) is 22.4. The van der Waals surface area contributed by atoms with E-state index in [-0.39, 0.29) is 23.7 Å². The molecule has 2 atom stereocenters. The van der Waals surface area contributed by atoms with Crippen LogP contribution in [0.15, 0.2) is 47.1 Å². The zero-order chi connectivity index (χ0) is 15.8. The predicted octanol–water partition coefficient (Wildman–Crippen LogP) is 2.88. The van der Waals surface area contributed by atoms with Gasteiger partial charge in [-0.2, -0.15) is 0 Å². The number of ether oxygens (including phenoxy) is 1. The lowest BCUT2D eigenvalue weighted by Crippen LogP contribution is -2.25. The van der Waals surface area contributed by atoms with Crippen molar-refractivity contribution in [1.82, 2.24) is 5.32 Å². The number of esters is 1. The van der Waals surface area contributed by atoms with Crippen molar-refractivity contribution in [1.29, 1.82) is 0 Å². The van der Waals surface area contributed by atoms with Crippen LogP contribution in [0.3, 0.4) is 0 Å². The number of hydrogen-bond acceptors (Lipinski definition) is 4. The van der Waals surface area contributed by atoms with Gasteiger partial charge in [-0.05, 0) is 49.6 Å². The Morgan fingerprint density at radius 1 is 1.17 bits per heavy atom. The number of carbonyl (C=O) groups is 2. The first kappa shape index (κ1) is 14.1. The summed E-state index contributed by atoms with van der Waals surface area (Å²) in [6.45, 7) is 0. The van der Waals surface area contributed by atoms with E-state index in [0.717, 1.165) is 25.0 Å². The predicted molar refractivity (Wildman–Crippen MR) is 82.1 cm³/mol. The molecule has 1 aromatic heterocycles. The van der Waals surface area contributed by atoms with Crippen molar-refractivity contribution in [3.8, 4) is 5.75 Å². The first-order valence-electron chi connectivity index (χ1n) is 7.87. The van der Waals surface area contributed by atoms with Crippen LogP contribution in [0, 0.1) is 5.92 Å². The average molecular weight is 311 g/mol. The molecule has 4 rings (SSSR count). The second kappa shape index (κ2) is 5.57. The molecule has 1 N–H and O–H groups in total. The first-order chi connectivity index (χ1) is 11.2. The molecular formula is C18H17NO4. The molecule has 0 saturated heterocycles. The number of furan rings is 1. The quantitative estimate of drug-likeness (QED) is 0.681. The Bertz CT molecular complexity index is 733. The number of hydrogen-bond donors (Lipinski definition) is 1. The van der Waals surface area contributed by atoms with Crippen molar-refractivity contribution in [3.05, 3.63) is 54.0 Å². The van der Waals surface area contributed by atoms with Crippen LogP contribution < -0.4 is 10.1 Å². The molecule has 5 nitrogen and oxygen atoms in total. The summed E-state index contributed by atoms with van der Waals surface area (Å²) >= 11 is 0.